The highest BCUT2D eigenvalue weighted by Gasteiger charge is 2.31. The molecule has 0 aliphatic heterocycles. The Kier molecular flexibility index (Phi) is 6.38. The lowest BCUT2D eigenvalue weighted by Gasteiger charge is -2.10. The van der Waals surface area contributed by atoms with Crippen LogP contribution in [-0.2, 0) is 11.0 Å². The minimum absolute atomic E-state index is 0.131. The van der Waals surface area contributed by atoms with E-state index in [1.165, 1.54) is 11.3 Å². The zero-order chi connectivity index (χ0) is 20.1. The summed E-state index contributed by atoms with van der Waals surface area (Å²) in [5, 5.41) is 5.77. The molecule has 3 aromatic rings. The highest BCUT2D eigenvalue weighted by Crippen LogP contribution is 2.35. The average molecular weight is 443 g/mol. The number of alkyl halides is 3. The van der Waals surface area contributed by atoms with Crippen LogP contribution in [0.4, 0.5) is 13.2 Å². The van der Waals surface area contributed by atoms with Gasteiger partial charge in [0.25, 0.3) is 0 Å². The van der Waals surface area contributed by atoms with E-state index in [0.29, 0.717) is 21.0 Å². The van der Waals surface area contributed by atoms with Gasteiger partial charge in [0, 0.05) is 21.0 Å². The van der Waals surface area contributed by atoms with Crippen molar-refractivity contribution in [3.8, 4) is 0 Å². The zero-order valence-corrected chi connectivity index (χ0v) is 16.2. The first-order chi connectivity index (χ1) is 13.3. The normalized spacial score (nSPS) is 11.7. The molecular formula is C18H10ClF3N2O2S2. The van der Waals surface area contributed by atoms with Crippen LogP contribution in [0.2, 0.25) is 5.02 Å². The molecular weight excluding hydrogens is 433 g/mol. The SMILES string of the molecule is O=C(O/N=C/c1ncc(C(F)(F)F)cc1Sc1ccc(Cl)cc1)c1cccs1. The molecule has 4 nitrogen and oxygen atoms in total. The van der Waals surface area contributed by atoms with Gasteiger partial charge in [-0.25, -0.2) is 4.79 Å². The number of benzene rings is 1. The van der Waals surface area contributed by atoms with Gasteiger partial charge in [-0.2, -0.15) is 13.2 Å². The van der Waals surface area contributed by atoms with Crippen molar-refractivity contribution >= 4 is 46.9 Å². The quantitative estimate of drug-likeness (QED) is 0.270. The van der Waals surface area contributed by atoms with Gasteiger partial charge in [0.1, 0.15) is 4.88 Å². The number of pyridine rings is 1. The molecule has 0 N–H and O–H groups in total. The van der Waals surface area contributed by atoms with E-state index in [1.54, 1.807) is 41.8 Å². The van der Waals surface area contributed by atoms with Crippen molar-refractivity contribution in [3.05, 3.63) is 75.2 Å². The molecule has 0 saturated heterocycles. The Labute approximate surface area is 171 Å². The van der Waals surface area contributed by atoms with Crippen molar-refractivity contribution in [2.75, 3.05) is 0 Å². The summed E-state index contributed by atoms with van der Waals surface area (Å²) in [4.78, 5) is 21.6. The predicted molar refractivity (Wildman–Crippen MR) is 102 cm³/mol. The summed E-state index contributed by atoms with van der Waals surface area (Å²) in [5.41, 5.74) is -0.761. The summed E-state index contributed by atoms with van der Waals surface area (Å²) < 4.78 is 39.1. The van der Waals surface area contributed by atoms with Crippen LogP contribution >= 0.6 is 34.7 Å². The Morgan fingerprint density at radius 2 is 2.00 bits per heavy atom. The number of carbonyl (C=O) groups excluding carboxylic acids is 1. The third-order valence-electron chi connectivity index (χ3n) is 3.28. The highest BCUT2D eigenvalue weighted by molar-refractivity contribution is 7.99. The Bertz CT molecular complexity index is 991. The molecule has 3 rings (SSSR count). The van der Waals surface area contributed by atoms with Crippen LogP contribution in [0.5, 0.6) is 0 Å². The first-order valence-corrected chi connectivity index (χ1v) is 9.69. The van der Waals surface area contributed by atoms with E-state index in [0.717, 1.165) is 24.0 Å². The molecule has 0 aliphatic carbocycles. The fraction of sp³-hybridized carbons (Fsp3) is 0.0556. The number of nitrogens with zero attached hydrogens (tertiary/aromatic N) is 2. The van der Waals surface area contributed by atoms with Crippen molar-refractivity contribution in [3.63, 3.8) is 0 Å². The summed E-state index contributed by atoms with van der Waals surface area (Å²) in [7, 11) is 0. The van der Waals surface area contributed by atoms with Crippen LogP contribution in [-0.4, -0.2) is 17.2 Å². The number of oxime groups is 1. The molecule has 0 unspecified atom stereocenters. The Hall–Kier alpha value is -2.36. The van der Waals surface area contributed by atoms with Crippen molar-refractivity contribution in [1.29, 1.82) is 0 Å². The summed E-state index contributed by atoms with van der Waals surface area (Å²) in [6, 6.07) is 10.8. The Balaban J connectivity index is 1.85. The number of rotatable bonds is 5. The van der Waals surface area contributed by atoms with Crippen LogP contribution < -0.4 is 0 Å². The van der Waals surface area contributed by atoms with Crippen molar-refractivity contribution < 1.29 is 22.8 Å². The van der Waals surface area contributed by atoms with Gasteiger partial charge in [0.05, 0.1) is 17.5 Å². The third kappa shape index (κ3) is 5.34. The molecule has 0 bridgehead atoms. The van der Waals surface area contributed by atoms with Gasteiger partial charge in [0.2, 0.25) is 0 Å². The maximum absolute atomic E-state index is 13.0. The van der Waals surface area contributed by atoms with E-state index in [4.69, 9.17) is 16.4 Å². The van der Waals surface area contributed by atoms with Crippen molar-refractivity contribution in [2.24, 2.45) is 5.16 Å². The van der Waals surface area contributed by atoms with E-state index in [2.05, 4.69) is 10.1 Å². The first-order valence-electron chi connectivity index (χ1n) is 7.62. The highest BCUT2D eigenvalue weighted by atomic mass is 35.5. The maximum atomic E-state index is 13.0. The zero-order valence-electron chi connectivity index (χ0n) is 13.8. The third-order valence-corrected chi connectivity index (χ3v) is 5.44. The summed E-state index contributed by atoms with van der Waals surface area (Å²) in [6.45, 7) is 0. The minimum atomic E-state index is -4.54. The van der Waals surface area contributed by atoms with Crippen molar-refractivity contribution in [1.82, 2.24) is 4.98 Å². The minimum Gasteiger partial charge on any atom is -0.312 e. The van der Waals surface area contributed by atoms with Crippen LogP contribution in [0, 0.1) is 0 Å². The monoisotopic (exact) mass is 442 g/mol. The fourth-order valence-corrected chi connectivity index (χ4v) is 3.62. The molecule has 0 atom stereocenters. The molecule has 0 fully saturated rings. The maximum Gasteiger partial charge on any atom is 0.417 e. The molecule has 2 aromatic heterocycles. The molecule has 0 aliphatic rings. The number of aromatic nitrogens is 1. The van der Waals surface area contributed by atoms with Crippen molar-refractivity contribution in [2.45, 2.75) is 16.0 Å². The number of hydrogen-bond acceptors (Lipinski definition) is 6. The second-order valence-corrected chi connectivity index (χ2v) is 7.75. The first kappa shape index (κ1) is 20.4. The van der Waals surface area contributed by atoms with Crippen LogP contribution in [0.1, 0.15) is 20.9 Å². The predicted octanol–water partition coefficient (Wildman–Crippen LogP) is 6.16. The molecule has 10 heteroatoms. The summed E-state index contributed by atoms with van der Waals surface area (Å²) >= 11 is 8.08. The Morgan fingerprint density at radius 1 is 1.25 bits per heavy atom. The van der Waals surface area contributed by atoms with Gasteiger partial charge in [-0.3, -0.25) is 4.98 Å². The Morgan fingerprint density at radius 3 is 2.64 bits per heavy atom. The van der Waals surface area contributed by atoms with E-state index < -0.39 is 17.7 Å². The summed E-state index contributed by atoms with van der Waals surface area (Å²) in [5.74, 6) is -0.662. The molecule has 0 spiro atoms. The van der Waals surface area contributed by atoms with Crippen LogP contribution in [0.25, 0.3) is 0 Å². The lowest BCUT2D eigenvalue weighted by molar-refractivity contribution is -0.138. The van der Waals surface area contributed by atoms with Gasteiger partial charge in [-0.1, -0.05) is 34.6 Å². The molecule has 2 heterocycles. The second kappa shape index (κ2) is 8.76. The van der Waals surface area contributed by atoms with Gasteiger partial charge in [0.15, 0.2) is 0 Å². The second-order valence-electron chi connectivity index (χ2n) is 5.25. The van der Waals surface area contributed by atoms with E-state index in [9.17, 15) is 18.0 Å². The number of halogens is 4. The van der Waals surface area contributed by atoms with E-state index >= 15 is 0 Å². The molecule has 0 radical (unpaired) electrons. The van der Waals surface area contributed by atoms with Gasteiger partial charge >= 0.3 is 12.1 Å². The topological polar surface area (TPSA) is 51.5 Å². The fourth-order valence-electron chi connectivity index (χ4n) is 1.98. The van der Waals surface area contributed by atoms with Crippen LogP contribution in [0.15, 0.2) is 69.0 Å². The molecule has 1 aromatic carbocycles. The number of carbonyl (C=O) groups is 1. The van der Waals surface area contributed by atoms with Crippen LogP contribution in [0.3, 0.4) is 0 Å². The molecule has 28 heavy (non-hydrogen) atoms. The molecule has 144 valence electrons. The average Bonchev–Trinajstić information content (AvgIpc) is 3.18. The van der Waals surface area contributed by atoms with Gasteiger partial charge in [-0.05, 0) is 41.8 Å². The lowest BCUT2D eigenvalue weighted by Crippen LogP contribution is -2.07. The molecule has 0 amide bonds. The number of thiophene rings is 1. The summed E-state index contributed by atoms with van der Waals surface area (Å²) in [6.07, 6.45) is -2.73. The van der Waals surface area contributed by atoms with Gasteiger partial charge in [-0.15, -0.1) is 11.3 Å². The largest absolute Gasteiger partial charge is 0.417 e. The standard InChI is InChI=1S/C18H10ClF3N2O2S2/c19-12-3-5-13(6-4-12)28-16-8-11(18(20,21)22)9-23-14(16)10-24-26-17(25)15-2-1-7-27-15/h1-10H/b24-10+. The smallest absolute Gasteiger partial charge is 0.312 e. The molecule has 0 saturated carbocycles. The number of hydrogen-bond donors (Lipinski definition) is 0. The lowest BCUT2D eigenvalue weighted by atomic mass is 10.2. The van der Waals surface area contributed by atoms with E-state index in [1.807, 2.05) is 0 Å². The van der Waals surface area contributed by atoms with Gasteiger partial charge < -0.3 is 4.84 Å². The van der Waals surface area contributed by atoms with E-state index in [-0.39, 0.29) is 10.6 Å².